The molecule has 2 atom stereocenters. The minimum atomic E-state index is -0.108. The molecule has 2 fully saturated rings. The maximum absolute atomic E-state index is 13.9. The van der Waals surface area contributed by atoms with Crippen molar-refractivity contribution in [3.05, 3.63) is 34.1 Å². The average Bonchev–Trinajstić information content (AvgIpc) is 3.19. The van der Waals surface area contributed by atoms with Crippen LogP contribution in [-0.2, 0) is 6.54 Å². The Bertz CT molecular complexity index is 461. The minimum absolute atomic E-state index is 0.108. The Balaban J connectivity index is 1.69. The van der Waals surface area contributed by atoms with Crippen LogP contribution in [0, 0.1) is 11.7 Å². The van der Waals surface area contributed by atoms with E-state index in [0.717, 1.165) is 29.0 Å². The zero-order valence-electron chi connectivity index (χ0n) is 11.2. The van der Waals surface area contributed by atoms with Crippen LogP contribution in [-0.4, -0.2) is 30.1 Å². The zero-order chi connectivity index (χ0) is 13.4. The Morgan fingerprint density at radius 1 is 1.42 bits per heavy atom. The molecular weight excluding hydrogens is 307 g/mol. The van der Waals surface area contributed by atoms with Gasteiger partial charge in [-0.3, -0.25) is 4.90 Å². The Morgan fingerprint density at radius 3 is 2.89 bits per heavy atom. The van der Waals surface area contributed by atoms with E-state index >= 15 is 0 Å². The van der Waals surface area contributed by atoms with Crippen molar-refractivity contribution in [2.75, 3.05) is 13.1 Å². The number of hydrogen-bond acceptors (Lipinski definition) is 2. The van der Waals surface area contributed by atoms with E-state index in [1.54, 1.807) is 6.07 Å². The third kappa shape index (κ3) is 3.18. The SMILES string of the molecule is CC1CNC(C2CC2)CN1Cc1ccc(Br)cc1F. The van der Waals surface area contributed by atoms with Gasteiger partial charge in [0.1, 0.15) is 5.82 Å². The first-order valence-corrected chi connectivity index (χ1v) is 7.84. The lowest BCUT2D eigenvalue weighted by Gasteiger charge is -2.39. The maximum atomic E-state index is 13.9. The van der Waals surface area contributed by atoms with E-state index in [0.29, 0.717) is 18.6 Å². The minimum Gasteiger partial charge on any atom is -0.311 e. The van der Waals surface area contributed by atoms with Crippen LogP contribution < -0.4 is 5.32 Å². The largest absolute Gasteiger partial charge is 0.311 e. The number of piperazine rings is 1. The molecule has 1 aliphatic carbocycles. The van der Waals surface area contributed by atoms with E-state index in [2.05, 4.69) is 33.1 Å². The fourth-order valence-corrected chi connectivity index (χ4v) is 3.18. The second-order valence-corrected chi connectivity index (χ2v) is 6.78. The molecule has 104 valence electrons. The van der Waals surface area contributed by atoms with Crippen LogP contribution in [0.2, 0.25) is 0 Å². The Hall–Kier alpha value is -0.450. The molecule has 4 heteroatoms. The van der Waals surface area contributed by atoms with Gasteiger partial charge < -0.3 is 5.32 Å². The molecule has 1 aromatic carbocycles. The number of benzene rings is 1. The number of nitrogens with zero attached hydrogens (tertiary/aromatic N) is 1. The highest BCUT2D eigenvalue weighted by Gasteiger charge is 2.36. The molecule has 2 aliphatic rings. The summed E-state index contributed by atoms with van der Waals surface area (Å²) in [5, 5.41) is 3.63. The predicted octanol–water partition coefficient (Wildman–Crippen LogP) is 3.16. The predicted molar refractivity (Wildman–Crippen MR) is 78.5 cm³/mol. The fourth-order valence-electron chi connectivity index (χ4n) is 2.85. The molecule has 1 aliphatic heterocycles. The van der Waals surface area contributed by atoms with Crippen LogP contribution >= 0.6 is 15.9 Å². The molecule has 3 rings (SSSR count). The maximum Gasteiger partial charge on any atom is 0.128 e. The van der Waals surface area contributed by atoms with E-state index in [9.17, 15) is 4.39 Å². The molecule has 1 saturated carbocycles. The number of halogens is 2. The van der Waals surface area contributed by atoms with Crippen LogP contribution in [0.3, 0.4) is 0 Å². The molecule has 1 heterocycles. The molecule has 0 radical (unpaired) electrons. The summed E-state index contributed by atoms with van der Waals surface area (Å²) in [6.45, 7) is 4.98. The van der Waals surface area contributed by atoms with Crippen molar-refractivity contribution in [2.24, 2.45) is 5.92 Å². The number of hydrogen-bond donors (Lipinski definition) is 1. The number of rotatable bonds is 3. The standard InChI is InChI=1S/C15H20BrFN2/c1-10-7-18-15(11-2-3-11)9-19(10)8-12-4-5-13(16)6-14(12)17/h4-6,10-11,15,18H,2-3,7-9H2,1H3. The van der Waals surface area contributed by atoms with Gasteiger partial charge in [0, 0.05) is 41.8 Å². The van der Waals surface area contributed by atoms with Gasteiger partial charge in [0.25, 0.3) is 0 Å². The van der Waals surface area contributed by atoms with Crippen LogP contribution in [0.15, 0.2) is 22.7 Å². The second-order valence-electron chi connectivity index (χ2n) is 5.87. The normalized spacial score (nSPS) is 28.6. The first-order valence-electron chi connectivity index (χ1n) is 7.05. The van der Waals surface area contributed by atoms with Crippen LogP contribution in [0.4, 0.5) is 4.39 Å². The van der Waals surface area contributed by atoms with E-state index in [4.69, 9.17) is 0 Å². The summed E-state index contributed by atoms with van der Waals surface area (Å²) in [6.07, 6.45) is 2.71. The van der Waals surface area contributed by atoms with Crippen molar-refractivity contribution in [1.29, 1.82) is 0 Å². The topological polar surface area (TPSA) is 15.3 Å². The molecule has 1 aromatic rings. The molecule has 2 unspecified atom stereocenters. The molecule has 1 N–H and O–H groups in total. The lowest BCUT2D eigenvalue weighted by molar-refractivity contribution is 0.124. The van der Waals surface area contributed by atoms with Crippen molar-refractivity contribution in [1.82, 2.24) is 10.2 Å². The van der Waals surface area contributed by atoms with E-state index < -0.39 is 0 Å². The summed E-state index contributed by atoms with van der Waals surface area (Å²) < 4.78 is 14.7. The zero-order valence-corrected chi connectivity index (χ0v) is 12.8. The molecule has 1 saturated heterocycles. The highest BCUT2D eigenvalue weighted by atomic mass is 79.9. The lowest BCUT2D eigenvalue weighted by Crippen LogP contribution is -2.55. The van der Waals surface area contributed by atoms with Gasteiger partial charge in [0.15, 0.2) is 0 Å². The Labute approximate surface area is 122 Å². The quantitative estimate of drug-likeness (QED) is 0.917. The summed E-state index contributed by atoms with van der Waals surface area (Å²) in [4.78, 5) is 2.41. The van der Waals surface area contributed by atoms with Crippen LogP contribution in [0.1, 0.15) is 25.3 Å². The van der Waals surface area contributed by atoms with Crippen LogP contribution in [0.5, 0.6) is 0 Å². The molecule has 0 bridgehead atoms. The second kappa shape index (κ2) is 5.51. The molecular formula is C15H20BrFN2. The summed E-state index contributed by atoms with van der Waals surface area (Å²) in [5.41, 5.74) is 0.798. The summed E-state index contributed by atoms with van der Waals surface area (Å²) >= 11 is 3.31. The van der Waals surface area contributed by atoms with Gasteiger partial charge in [-0.1, -0.05) is 22.0 Å². The monoisotopic (exact) mass is 326 g/mol. The van der Waals surface area contributed by atoms with Gasteiger partial charge in [-0.05, 0) is 37.8 Å². The Morgan fingerprint density at radius 2 is 2.21 bits per heavy atom. The van der Waals surface area contributed by atoms with Gasteiger partial charge in [-0.2, -0.15) is 0 Å². The number of nitrogens with one attached hydrogen (secondary N) is 1. The van der Waals surface area contributed by atoms with Gasteiger partial charge in [0.05, 0.1) is 0 Å². The summed E-state index contributed by atoms with van der Waals surface area (Å²) in [6, 6.07) is 6.44. The highest BCUT2D eigenvalue weighted by molar-refractivity contribution is 9.10. The average molecular weight is 327 g/mol. The van der Waals surface area contributed by atoms with E-state index in [1.165, 1.54) is 12.8 Å². The first kappa shape index (κ1) is 13.5. The Kier molecular flexibility index (Phi) is 3.92. The molecule has 0 spiro atoms. The van der Waals surface area contributed by atoms with Gasteiger partial charge in [-0.25, -0.2) is 4.39 Å². The van der Waals surface area contributed by atoms with Crippen molar-refractivity contribution in [3.8, 4) is 0 Å². The van der Waals surface area contributed by atoms with Gasteiger partial charge >= 0.3 is 0 Å². The third-order valence-corrected chi connectivity index (χ3v) is 4.80. The van der Waals surface area contributed by atoms with Crippen molar-refractivity contribution in [3.63, 3.8) is 0 Å². The van der Waals surface area contributed by atoms with E-state index in [-0.39, 0.29) is 5.82 Å². The fraction of sp³-hybridized carbons (Fsp3) is 0.600. The lowest BCUT2D eigenvalue weighted by atomic mass is 10.0. The highest BCUT2D eigenvalue weighted by Crippen LogP contribution is 2.34. The van der Waals surface area contributed by atoms with Gasteiger partial charge in [-0.15, -0.1) is 0 Å². The van der Waals surface area contributed by atoms with Crippen molar-refractivity contribution >= 4 is 15.9 Å². The van der Waals surface area contributed by atoms with Gasteiger partial charge in [0.2, 0.25) is 0 Å². The first-order chi connectivity index (χ1) is 9.13. The molecule has 0 amide bonds. The molecule has 2 nitrogen and oxygen atoms in total. The molecule has 0 aromatic heterocycles. The van der Waals surface area contributed by atoms with Crippen molar-refractivity contribution < 1.29 is 4.39 Å². The molecule has 19 heavy (non-hydrogen) atoms. The summed E-state index contributed by atoms with van der Waals surface area (Å²) in [5.74, 6) is 0.743. The van der Waals surface area contributed by atoms with Crippen molar-refractivity contribution in [2.45, 2.75) is 38.4 Å². The van der Waals surface area contributed by atoms with E-state index in [1.807, 2.05) is 12.1 Å². The summed E-state index contributed by atoms with van der Waals surface area (Å²) in [7, 11) is 0. The smallest absolute Gasteiger partial charge is 0.128 e. The third-order valence-electron chi connectivity index (χ3n) is 4.31. The van der Waals surface area contributed by atoms with Crippen LogP contribution in [0.25, 0.3) is 0 Å².